The van der Waals surface area contributed by atoms with Gasteiger partial charge in [0.15, 0.2) is 0 Å². The monoisotopic (exact) mass is 404 g/mol. The van der Waals surface area contributed by atoms with Crippen molar-refractivity contribution >= 4 is 28.3 Å². The highest BCUT2D eigenvalue weighted by Crippen LogP contribution is 2.19. The molecule has 0 radical (unpaired) electrons. The van der Waals surface area contributed by atoms with Gasteiger partial charge in [0.05, 0.1) is 0 Å². The molecule has 3 aromatic rings. The predicted molar refractivity (Wildman–Crippen MR) is 121 cm³/mol. The molecule has 0 saturated carbocycles. The summed E-state index contributed by atoms with van der Waals surface area (Å²) in [5.41, 5.74) is 13.3. The molecule has 0 fully saturated rings. The fraction of sp³-hybridized carbons (Fsp3) is 0.250. The number of anilines is 1. The fourth-order valence-electron chi connectivity index (χ4n) is 3.36. The second-order valence-electron chi connectivity index (χ2n) is 7.32. The van der Waals surface area contributed by atoms with Gasteiger partial charge < -0.3 is 22.1 Å². The average Bonchev–Trinajstić information content (AvgIpc) is 2.77. The molecular weight excluding hydrogens is 376 g/mol. The maximum atomic E-state index is 12.8. The molecule has 6 heteroatoms. The van der Waals surface area contributed by atoms with Crippen LogP contribution in [0.25, 0.3) is 10.8 Å². The summed E-state index contributed by atoms with van der Waals surface area (Å²) in [6.07, 6.45) is 1.19. The van der Waals surface area contributed by atoms with Crippen LogP contribution >= 0.6 is 0 Å². The Morgan fingerprint density at radius 3 is 2.33 bits per heavy atom. The van der Waals surface area contributed by atoms with Gasteiger partial charge in [-0.3, -0.25) is 9.59 Å². The van der Waals surface area contributed by atoms with Crippen molar-refractivity contribution in [1.29, 1.82) is 0 Å². The lowest BCUT2D eigenvalue weighted by Gasteiger charge is -2.20. The smallest absolute Gasteiger partial charge is 0.246 e. The molecule has 2 atom stereocenters. The van der Waals surface area contributed by atoms with Crippen LogP contribution in [0, 0.1) is 0 Å². The van der Waals surface area contributed by atoms with E-state index < -0.39 is 12.1 Å². The quantitative estimate of drug-likeness (QED) is 0.439. The van der Waals surface area contributed by atoms with Crippen LogP contribution in [0.1, 0.15) is 30.9 Å². The summed E-state index contributed by atoms with van der Waals surface area (Å²) < 4.78 is 0. The van der Waals surface area contributed by atoms with E-state index in [0.717, 1.165) is 16.3 Å². The van der Waals surface area contributed by atoms with Gasteiger partial charge in [0.1, 0.15) is 6.04 Å². The lowest BCUT2D eigenvalue weighted by molar-refractivity contribution is -0.126. The van der Waals surface area contributed by atoms with E-state index in [4.69, 9.17) is 11.5 Å². The first-order valence-corrected chi connectivity index (χ1v) is 10.2. The lowest BCUT2D eigenvalue weighted by atomic mass is 10.0. The Hall–Kier alpha value is -3.22. The Morgan fingerprint density at radius 2 is 1.60 bits per heavy atom. The van der Waals surface area contributed by atoms with Gasteiger partial charge in [-0.05, 0) is 47.9 Å². The van der Waals surface area contributed by atoms with Crippen molar-refractivity contribution in [3.63, 3.8) is 0 Å². The van der Waals surface area contributed by atoms with E-state index in [1.54, 1.807) is 0 Å². The van der Waals surface area contributed by atoms with Gasteiger partial charge in [0.2, 0.25) is 11.8 Å². The molecule has 3 aromatic carbocycles. The van der Waals surface area contributed by atoms with Crippen LogP contribution in [0.5, 0.6) is 0 Å². The second-order valence-corrected chi connectivity index (χ2v) is 7.32. The zero-order valence-electron chi connectivity index (χ0n) is 16.9. The molecule has 6 N–H and O–H groups in total. The number of carbonyl (C=O) groups is 2. The van der Waals surface area contributed by atoms with E-state index in [2.05, 4.69) is 10.6 Å². The molecule has 156 valence electrons. The van der Waals surface area contributed by atoms with Gasteiger partial charge in [0.25, 0.3) is 0 Å². The number of fused-ring (bicyclic) bond motifs is 1. The zero-order valence-corrected chi connectivity index (χ0v) is 16.9. The Labute approximate surface area is 176 Å². The Kier molecular flexibility index (Phi) is 7.54. The number of benzene rings is 3. The number of hydrogen-bond donors (Lipinski definition) is 4. The van der Waals surface area contributed by atoms with E-state index in [9.17, 15) is 9.59 Å². The van der Waals surface area contributed by atoms with Crippen molar-refractivity contribution in [2.75, 3.05) is 11.9 Å². The number of rotatable bonds is 9. The summed E-state index contributed by atoms with van der Waals surface area (Å²) >= 11 is 0. The summed E-state index contributed by atoms with van der Waals surface area (Å²) in [7, 11) is 0. The molecule has 0 spiro atoms. The molecule has 0 saturated heterocycles. The SMILES string of the molecule is NCCC[C@H](NC(=O)C[C@H](N)c1ccccc1)C(=O)Nc1ccc2ccccc2c1. The first-order chi connectivity index (χ1) is 14.6. The first-order valence-electron chi connectivity index (χ1n) is 10.2. The van der Waals surface area contributed by atoms with E-state index in [0.29, 0.717) is 25.1 Å². The average molecular weight is 405 g/mol. The van der Waals surface area contributed by atoms with E-state index in [1.807, 2.05) is 72.8 Å². The molecule has 3 rings (SSSR count). The van der Waals surface area contributed by atoms with Crippen LogP contribution in [0.2, 0.25) is 0 Å². The molecule has 30 heavy (non-hydrogen) atoms. The Morgan fingerprint density at radius 1 is 0.900 bits per heavy atom. The highest BCUT2D eigenvalue weighted by atomic mass is 16.2. The number of carbonyl (C=O) groups excluding carboxylic acids is 2. The van der Waals surface area contributed by atoms with Crippen molar-refractivity contribution in [2.45, 2.75) is 31.3 Å². The van der Waals surface area contributed by atoms with Gasteiger partial charge in [0, 0.05) is 18.2 Å². The van der Waals surface area contributed by atoms with Crippen LogP contribution in [-0.4, -0.2) is 24.4 Å². The van der Waals surface area contributed by atoms with Crippen molar-refractivity contribution < 1.29 is 9.59 Å². The van der Waals surface area contributed by atoms with Gasteiger partial charge in [-0.2, -0.15) is 0 Å². The standard InChI is InChI=1S/C24H28N4O2/c25-14-6-11-22(28-23(29)16-21(26)18-8-2-1-3-9-18)24(30)27-20-13-12-17-7-4-5-10-19(17)15-20/h1-5,7-10,12-13,15,21-22H,6,11,14,16,25-26H2,(H,27,30)(H,28,29)/t21-,22-/m0/s1. The van der Waals surface area contributed by atoms with Gasteiger partial charge in [-0.1, -0.05) is 60.7 Å². The van der Waals surface area contributed by atoms with Crippen LogP contribution in [-0.2, 0) is 9.59 Å². The summed E-state index contributed by atoms with van der Waals surface area (Å²) in [6, 6.07) is 22.0. The molecule has 0 aliphatic carbocycles. The van der Waals surface area contributed by atoms with Crippen molar-refractivity contribution in [3.05, 3.63) is 78.4 Å². The highest BCUT2D eigenvalue weighted by molar-refractivity contribution is 5.99. The first kappa shape index (κ1) is 21.5. The molecule has 0 aromatic heterocycles. The lowest BCUT2D eigenvalue weighted by Crippen LogP contribution is -2.44. The summed E-state index contributed by atoms with van der Waals surface area (Å²) in [5, 5.41) is 7.86. The van der Waals surface area contributed by atoms with Crippen molar-refractivity contribution in [2.24, 2.45) is 11.5 Å². The maximum Gasteiger partial charge on any atom is 0.246 e. The maximum absolute atomic E-state index is 12.8. The fourth-order valence-corrected chi connectivity index (χ4v) is 3.36. The Bertz CT molecular complexity index is 991. The zero-order chi connectivity index (χ0) is 21.3. The summed E-state index contributed by atoms with van der Waals surface area (Å²) in [6.45, 7) is 0.444. The summed E-state index contributed by atoms with van der Waals surface area (Å²) in [5.74, 6) is -0.526. The molecule has 2 amide bonds. The highest BCUT2D eigenvalue weighted by Gasteiger charge is 2.22. The van der Waals surface area contributed by atoms with Crippen molar-refractivity contribution in [1.82, 2.24) is 5.32 Å². The molecule has 6 nitrogen and oxygen atoms in total. The van der Waals surface area contributed by atoms with E-state index in [-0.39, 0.29) is 18.2 Å². The topological polar surface area (TPSA) is 110 Å². The van der Waals surface area contributed by atoms with Gasteiger partial charge in [-0.15, -0.1) is 0 Å². The summed E-state index contributed by atoms with van der Waals surface area (Å²) in [4.78, 5) is 25.4. The van der Waals surface area contributed by atoms with Gasteiger partial charge in [-0.25, -0.2) is 0 Å². The van der Waals surface area contributed by atoms with Gasteiger partial charge >= 0.3 is 0 Å². The molecular formula is C24H28N4O2. The number of nitrogens with one attached hydrogen (secondary N) is 2. The number of nitrogens with two attached hydrogens (primary N) is 2. The van der Waals surface area contributed by atoms with Crippen LogP contribution in [0.15, 0.2) is 72.8 Å². The number of amides is 2. The third-order valence-electron chi connectivity index (χ3n) is 5.00. The Balaban J connectivity index is 1.64. The number of hydrogen-bond acceptors (Lipinski definition) is 4. The molecule has 0 bridgehead atoms. The van der Waals surface area contributed by atoms with Crippen molar-refractivity contribution in [3.8, 4) is 0 Å². The van der Waals surface area contributed by atoms with Crippen LogP contribution in [0.4, 0.5) is 5.69 Å². The molecule has 0 aliphatic heterocycles. The molecule has 0 aliphatic rings. The third kappa shape index (κ3) is 5.89. The normalized spacial score (nSPS) is 12.9. The van der Waals surface area contributed by atoms with E-state index in [1.165, 1.54) is 0 Å². The minimum absolute atomic E-state index is 0.104. The van der Waals surface area contributed by atoms with E-state index >= 15 is 0 Å². The minimum Gasteiger partial charge on any atom is -0.344 e. The van der Waals surface area contributed by atoms with Crippen LogP contribution < -0.4 is 22.1 Å². The van der Waals surface area contributed by atoms with Crippen LogP contribution in [0.3, 0.4) is 0 Å². The minimum atomic E-state index is -0.671. The predicted octanol–water partition coefficient (Wildman–Crippen LogP) is 3.09. The second kappa shape index (κ2) is 10.5. The largest absolute Gasteiger partial charge is 0.344 e. The third-order valence-corrected chi connectivity index (χ3v) is 5.00. The molecule has 0 unspecified atom stereocenters. The molecule has 0 heterocycles.